The van der Waals surface area contributed by atoms with Gasteiger partial charge < -0.3 is 4.90 Å². The van der Waals surface area contributed by atoms with Crippen LogP contribution in [0.2, 0.25) is 0 Å². The maximum Gasteiger partial charge on any atom is 0.238 e. The van der Waals surface area contributed by atoms with E-state index in [0.717, 1.165) is 0 Å². The molecular formula is C5H7ClN2O. The fourth-order valence-electron chi connectivity index (χ4n) is 0.296. The summed E-state index contributed by atoms with van der Waals surface area (Å²) in [5.74, 6) is -0.281. The molecule has 0 bridgehead atoms. The molecular weight excluding hydrogens is 140 g/mol. The largest absolute Gasteiger partial charge is 0.331 e. The van der Waals surface area contributed by atoms with Crippen molar-refractivity contribution in [2.75, 3.05) is 19.5 Å². The second-order valence-corrected chi connectivity index (χ2v) is 1.81. The molecule has 0 saturated carbocycles. The highest BCUT2D eigenvalue weighted by Crippen LogP contribution is 1.85. The average Bonchev–Trinajstić information content (AvgIpc) is 1.87. The molecule has 0 heterocycles. The van der Waals surface area contributed by atoms with Gasteiger partial charge in [0.25, 0.3) is 0 Å². The van der Waals surface area contributed by atoms with Crippen molar-refractivity contribution in [2.45, 2.75) is 0 Å². The summed E-state index contributed by atoms with van der Waals surface area (Å²) < 4.78 is 0. The Bertz CT molecular complexity index is 140. The molecule has 0 N–H and O–H groups in total. The quantitative estimate of drug-likeness (QED) is 0.413. The first-order valence-electron chi connectivity index (χ1n) is 2.39. The molecule has 0 spiro atoms. The normalized spacial score (nSPS) is 8.11. The number of nitriles is 1. The minimum Gasteiger partial charge on any atom is -0.331 e. The van der Waals surface area contributed by atoms with Crippen LogP contribution in [0.3, 0.4) is 0 Å². The van der Waals surface area contributed by atoms with Crippen LogP contribution in [0.15, 0.2) is 0 Å². The molecule has 0 aliphatic heterocycles. The van der Waals surface area contributed by atoms with Crippen molar-refractivity contribution in [1.82, 2.24) is 4.90 Å². The van der Waals surface area contributed by atoms with Crippen LogP contribution in [0.4, 0.5) is 0 Å². The van der Waals surface area contributed by atoms with E-state index in [1.807, 2.05) is 6.07 Å². The standard InChI is InChI=1S/C5H7ClN2O/c1-8(3-2-7)5(9)4-6/h3-4H2,1H3. The topological polar surface area (TPSA) is 44.1 Å². The molecule has 0 aromatic heterocycles. The third-order valence-corrected chi connectivity index (χ3v) is 1.08. The minimum absolute atomic E-state index is 0.0574. The highest BCUT2D eigenvalue weighted by molar-refractivity contribution is 6.27. The predicted octanol–water partition coefficient (Wildman–Crippen LogP) is 0.207. The fraction of sp³-hybridized carbons (Fsp3) is 0.600. The van der Waals surface area contributed by atoms with Crippen LogP contribution in [0, 0.1) is 11.3 Å². The van der Waals surface area contributed by atoms with Crippen molar-refractivity contribution >= 4 is 17.5 Å². The number of nitrogens with zero attached hydrogens (tertiary/aromatic N) is 2. The highest BCUT2D eigenvalue weighted by Gasteiger charge is 2.03. The SMILES string of the molecule is CN(CC#N)C(=O)CCl. The summed E-state index contributed by atoms with van der Waals surface area (Å²) in [7, 11) is 1.54. The average molecular weight is 147 g/mol. The van der Waals surface area contributed by atoms with E-state index < -0.39 is 0 Å². The van der Waals surface area contributed by atoms with Gasteiger partial charge in [-0.15, -0.1) is 11.6 Å². The molecule has 0 aromatic rings. The van der Waals surface area contributed by atoms with Crippen molar-refractivity contribution < 1.29 is 4.79 Å². The van der Waals surface area contributed by atoms with Crippen LogP contribution >= 0.6 is 11.6 Å². The Balaban J connectivity index is 3.62. The lowest BCUT2D eigenvalue weighted by Gasteiger charge is -2.09. The Morgan fingerprint density at radius 3 is 2.78 bits per heavy atom. The minimum atomic E-state index is -0.224. The second kappa shape index (κ2) is 4.16. The smallest absolute Gasteiger partial charge is 0.238 e. The monoisotopic (exact) mass is 146 g/mol. The molecule has 0 unspecified atom stereocenters. The fourth-order valence-corrected chi connectivity index (χ4v) is 0.500. The predicted molar refractivity (Wildman–Crippen MR) is 34.0 cm³/mol. The molecule has 0 aliphatic carbocycles. The number of amides is 1. The number of hydrogen-bond donors (Lipinski definition) is 0. The van der Waals surface area contributed by atoms with Crippen LogP contribution in [0.25, 0.3) is 0 Å². The molecule has 0 fully saturated rings. The molecule has 0 atom stereocenters. The third kappa shape index (κ3) is 2.94. The van der Waals surface area contributed by atoms with Crippen LogP contribution in [-0.2, 0) is 4.79 Å². The summed E-state index contributed by atoms with van der Waals surface area (Å²) in [6.45, 7) is 0.103. The van der Waals surface area contributed by atoms with Crippen molar-refractivity contribution in [3.63, 3.8) is 0 Å². The lowest BCUT2D eigenvalue weighted by molar-refractivity contribution is -0.126. The summed E-state index contributed by atoms with van der Waals surface area (Å²) in [5.41, 5.74) is 0. The zero-order valence-corrected chi connectivity index (χ0v) is 5.85. The Hall–Kier alpha value is -0.750. The van der Waals surface area contributed by atoms with Gasteiger partial charge in [0.1, 0.15) is 12.4 Å². The first-order chi connectivity index (χ1) is 4.22. The molecule has 4 heteroatoms. The van der Waals surface area contributed by atoms with Gasteiger partial charge in [-0.25, -0.2) is 0 Å². The highest BCUT2D eigenvalue weighted by atomic mass is 35.5. The van der Waals surface area contributed by atoms with Gasteiger partial charge in [-0.05, 0) is 0 Å². The summed E-state index contributed by atoms with van der Waals surface area (Å²) in [5, 5.41) is 8.09. The molecule has 0 saturated heterocycles. The number of carbonyl (C=O) groups is 1. The summed E-state index contributed by atoms with van der Waals surface area (Å²) in [6.07, 6.45) is 0. The molecule has 0 radical (unpaired) electrons. The maximum atomic E-state index is 10.5. The van der Waals surface area contributed by atoms with Gasteiger partial charge in [-0.1, -0.05) is 0 Å². The summed E-state index contributed by atoms with van der Waals surface area (Å²) >= 11 is 5.18. The Morgan fingerprint density at radius 1 is 1.89 bits per heavy atom. The molecule has 9 heavy (non-hydrogen) atoms. The van der Waals surface area contributed by atoms with Crippen LogP contribution in [0.5, 0.6) is 0 Å². The first kappa shape index (κ1) is 8.25. The van der Waals surface area contributed by atoms with E-state index in [4.69, 9.17) is 16.9 Å². The third-order valence-electron chi connectivity index (χ3n) is 0.848. The number of halogens is 1. The maximum absolute atomic E-state index is 10.5. The molecule has 50 valence electrons. The van der Waals surface area contributed by atoms with E-state index in [1.165, 1.54) is 11.9 Å². The van der Waals surface area contributed by atoms with Crippen LogP contribution < -0.4 is 0 Å². The van der Waals surface area contributed by atoms with Gasteiger partial charge >= 0.3 is 0 Å². The molecule has 1 amide bonds. The van der Waals surface area contributed by atoms with Gasteiger partial charge in [0, 0.05) is 7.05 Å². The van der Waals surface area contributed by atoms with E-state index in [1.54, 1.807) is 0 Å². The van der Waals surface area contributed by atoms with E-state index >= 15 is 0 Å². The number of hydrogen-bond acceptors (Lipinski definition) is 2. The van der Waals surface area contributed by atoms with Crippen LogP contribution in [-0.4, -0.2) is 30.3 Å². The molecule has 0 aliphatic rings. The van der Waals surface area contributed by atoms with Crippen LogP contribution in [0.1, 0.15) is 0 Å². The van der Waals surface area contributed by atoms with E-state index in [2.05, 4.69) is 0 Å². The molecule has 0 rings (SSSR count). The summed E-state index contributed by atoms with van der Waals surface area (Å²) in [4.78, 5) is 11.8. The number of alkyl halides is 1. The van der Waals surface area contributed by atoms with Gasteiger partial charge in [0.2, 0.25) is 5.91 Å². The molecule has 3 nitrogen and oxygen atoms in total. The Labute approximate surface area is 58.8 Å². The van der Waals surface area contributed by atoms with Gasteiger partial charge in [0.05, 0.1) is 6.07 Å². The lowest BCUT2D eigenvalue weighted by Crippen LogP contribution is -2.27. The summed E-state index contributed by atoms with van der Waals surface area (Å²) in [6, 6.07) is 1.83. The Kier molecular flexibility index (Phi) is 3.81. The van der Waals surface area contributed by atoms with E-state index in [-0.39, 0.29) is 18.3 Å². The van der Waals surface area contributed by atoms with Crippen molar-refractivity contribution in [1.29, 1.82) is 5.26 Å². The van der Waals surface area contributed by atoms with E-state index in [0.29, 0.717) is 0 Å². The van der Waals surface area contributed by atoms with Crippen molar-refractivity contribution in [2.24, 2.45) is 0 Å². The van der Waals surface area contributed by atoms with E-state index in [9.17, 15) is 4.79 Å². The van der Waals surface area contributed by atoms with Crippen molar-refractivity contribution in [3.05, 3.63) is 0 Å². The first-order valence-corrected chi connectivity index (χ1v) is 2.92. The van der Waals surface area contributed by atoms with Gasteiger partial charge in [-0.2, -0.15) is 5.26 Å². The zero-order chi connectivity index (χ0) is 7.28. The van der Waals surface area contributed by atoms with Gasteiger partial charge in [0.15, 0.2) is 0 Å². The number of rotatable bonds is 2. The Morgan fingerprint density at radius 2 is 2.44 bits per heavy atom. The molecule has 0 aromatic carbocycles. The van der Waals surface area contributed by atoms with Crippen molar-refractivity contribution in [3.8, 4) is 6.07 Å². The lowest BCUT2D eigenvalue weighted by atomic mass is 10.5. The second-order valence-electron chi connectivity index (χ2n) is 1.54. The number of carbonyl (C=O) groups excluding carboxylic acids is 1. The van der Waals surface area contributed by atoms with Gasteiger partial charge in [-0.3, -0.25) is 4.79 Å². The zero-order valence-electron chi connectivity index (χ0n) is 5.09.